The summed E-state index contributed by atoms with van der Waals surface area (Å²) in [6.45, 7) is 4.47. The molecule has 4 heteroatoms. The molecule has 220 valence electrons. The van der Waals surface area contributed by atoms with Crippen molar-refractivity contribution in [2.24, 2.45) is 0 Å². The van der Waals surface area contributed by atoms with Crippen LogP contribution in [-0.4, -0.2) is 23.1 Å². The maximum atomic E-state index is 12.3. The Hall–Kier alpha value is -1.06. The molecule has 0 aliphatic carbocycles. The molecule has 0 rings (SSSR count). The number of carboxylic acids is 1. The second-order valence-corrected chi connectivity index (χ2v) is 11.4. The zero-order valence-corrected chi connectivity index (χ0v) is 25.0. The van der Waals surface area contributed by atoms with Crippen molar-refractivity contribution in [2.45, 2.75) is 200 Å². The Bertz CT molecular complexity index is 491. The quantitative estimate of drug-likeness (QED) is 0.0749. The van der Waals surface area contributed by atoms with Gasteiger partial charge in [0.15, 0.2) is 0 Å². The van der Waals surface area contributed by atoms with Crippen molar-refractivity contribution in [2.75, 3.05) is 0 Å². The van der Waals surface area contributed by atoms with Crippen LogP contribution in [0.1, 0.15) is 194 Å². The average Bonchev–Trinajstić information content (AvgIpc) is 2.87. The molecule has 0 aromatic carbocycles. The fraction of sp³-hybridized carbons (Fsp3) is 0.939. The Kier molecular flexibility index (Phi) is 28.7. The maximum absolute atomic E-state index is 12.3. The number of esters is 1. The predicted molar refractivity (Wildman–Crippen MR) is 158 cm³/mol. The zero-order valence-electron chi connectivity index (χ0n) is 25.0. The van der Waals surface area contributed by atoms with Crippen LogP contribution in [0.25, 0.3) is 0 Å². The van der Waals surface area contributed by atoms with Gasteiger partial charge in [-0.25, -0.2) is 0 Å². The van der Waals surface area contributed by atoms with Gasteiger partial charge in [-0.2, -0.15) is 0 Å². The van der Waals surface area contributed by atoms with Crippen molar-refractivity contribution in [1.82, 2.24) is 0 Å². The summed E-state index contributed by atoms with van der Waals surface area (Å²) in [5.41, 5.74) is 0. The number of hydrogen-bond acceptors (Lipinski definition) is 3. The number of unbranched alkanes of at least 4 members (excludes halogenated alkanes) is 21. The minimum Gasteiger partial charge on any atom is -0.481 e. The second-order valence-electron chi connectivity index (χ2n) is 11.4. The summed E-state index contributed by atoms with van der Waals surface area (Å²) >= 11 is 0. The van der Waals surface area contributed by atoms with Crippen LogP contribution in [0.2, 0.25) is 0 Å². The van der Waals surface area contributed by atoms with Crippen LogP contribution >= 0.6 is 0 Å². The molecule has 4 nitrogen and oxygen atoms in total. The number of aliphatic carboxylic acids is 1. The number of ether oxygens (including phenoxy) is 1. The first-order valence-electron chi connectivity index (χ1n) is 16.5. The van der Waals surface area contributed by atoms with Crippen molar-refractivity contribution in [3.05, 3.63) is 0 Å². The molecule has 0 aromatic heterocycles. The molecular formula is C33H64O4. The smallest absolute Gasteiger partial charge is 0.306 e. The van der Waals surface area contributed by atoms with Crippen LogP contribution in [0.5, 0.6) is 0 Å². The third-order valence-corrected chi connectivity index (χ3v) is 7.58. The van der Waals surface area contributed by atoms with Gasteiger partial charge in [0.25, 0.3) is 0 Å². The highest BCUT2D eigenvalue weighted by molar-refractivity contribution is 5.69. The minimum atomic E-state index is -0.727. The molecule has 37 heavy (non-hydrogen) atoms. The Morgan fingerprint density at radius 1 is 0.486 bits per heavy atom. The van der Waals surface area contributed by atoms with Crippen LogP contribution in [-0.2, 0) is 14.3 Å². The summed E-state index contributed by atoms with van der Waals surface area (Å²) < 4.78 is 5.80. The standard InChI is InChI=1S/C33H64O4/c1-3-5-7-8-9-10-11-12-13-14-15-16-17-18-19-20-21-26-30-33(36)37-31(27-23-6-4-2)28-24-22-25-29-32(34)35/h31H,3-30H2,1-2H3,(H,34,35). The van der Waals surface area contributed by atoms with Crippen LogP contribution in [0.15, 0.2) is 0 Å². The molecule has 0 saturated carbocycles. The van der Waals surface area contributed by atoms with Crippen LogP contribution in [0.4, 0.5) is 0 Å². The number of carbonyl (C=O) groups excluding carboxylic acids is 1. The summed E-state index contributed by atoms with van der Waals surface area (Å²) in [5.74, 6) is -0.765. The van der Waals surface area contributed by atoms with Gasteiger partial charge in [-0.15, -0.1) is 0 Å². The lowest BCUT2D eigenvalue weighted by Gasteiger charge is -2.18. The molecule has 0 fully saturated rings. The number of rotatable bonds is 30. The van der Waals surface area contributed by atoms with Gasteiger partial charge in [0.1, 0.15) is 6.10 Å². The van der Waals surface area contributed by atoms with E-state index in [4.69, 9.17) is 9.84 Å². The Labute approximate surface area is 231 Å². The SMILES string of the molecule is CCCCCCCCCCCCCCCCCCCCC(=O)OC(CCCCC)CCCCCC(=O)O. The van der Waals surface area contributed by atoms with Crippen LogP contribution in [0, 0.1) is 0 Å². The predicted octanol–water partition coefficient (Wildman–Crippen LogP) is 10.9. The molecular weight excluding hydrogens is 460 g/mol. The first kappa shape index (κ1) is 35.9. The van der Waals surface area contributed by atoms with Gasteiger partial charge in [0.05, 0.1) is 0 Å². The fourth-order valence-corrected chi connectivity index (χ4v) is 5.13. The zero-order chi connectivity index (χ0) is 27.2. The van der Waals surface area contributed by atoms with Crippen molar-refractivity contribution in [3.63, 3.8) is 0 Å². The van der Waals surface area contributed by atoms with Gasteiger partial charge < -0.3 is 9.84 Å². The molecule has 0 heterocycles. The van der Waals surface area contributed by atoms with Gasteiger partial charge in [-0.1, -0.05) is 142 Å². The molecule has 0 saturated heterocycles. The van der Waals surface area contributed by atoms with E-state index in [1.54, 1.807) is 0 Å². The lowest BCUT2D eigenvalue weighted by Crippen LogP contribution is -2.18. The van der Waals surface area contributed by atoms with Crippen molar-refractivity contribution < 1.29 is 19.4 Å². The molecule has 0 aliphatic heterocycles. The third-order valence-electron chi connectivity index (χ3n) is 7.58. The van der Waals surface area contributed by atoms with Crippen molar-refractivity contribution >= 4 is 11.9 Å². The molecule has 0 bridgehead atoms. The van der Waals surface area contributed by atoms with Crippen LogP contribution in [0.3, 0.4) is 0 Å². The van der Waals surface area contributed by atoms with Crippen LogP contribution < -0.4 is 0 Å². The number of carboxylic acid groups (broad SMARTS) is 1. The van der Waals surface area contributed by atoms with Gasteiger partial charge in [-0.3, -0.25) is 9.59 Å². The van der Waals surface area contributed by atoms with Gasteiger partial charge in [0, 0.05) is 12.8 Å². The molecule has 1 N–H and O–H groups in total. The first-order valence-corrected chi connectivity index (χ1v) is 16.5. The summed E-state index contributed by atoms with van der Waals surface area (Å²) in [5, 5.41) is 8.76. The summed E-state index contributed by atoms with van der Waals surface area (Å²) in [4.78, 5) is 23.0. The number of hydrogen-bond donors (Lipinski definition) is 1. The highest BCUT2D eigenvalue weighted by Gasteiger charge is 2.14. The molecule has 0 spiro atoms. The fourth-order valence-electron chi connectivity index (χ4n) is 5.13. The highest BCUT2D eigenvalue weighted by Crippen LogP contribution is 2.18. The molecule has 0 aromatic rings. The summed E-state index contributed by atoms with van der Waals surface area (Å²) in [7, 11) is 0. The maximum Gasteiger partial charge on any atom is 0.306 e. The van der Waals surface area contributed by atoms with E-state index in [2.05, 4.69) is 13.8 Å². The summed E-state index contributed by atoms with van der Waals surface area (Å²) in [6, 6.07) is 0. The van der Waals surface area contributed by atoms with E-state index in [0.717, 1.165) is 44.9 Å². The monoisotopic (exact) mass is 524 g/mol. The van der Waals surface area contributed by atoms with E-state index in [-0.39, 0.29) is 18.5 Å². The van der Waals surface area contributed by atoms with E-state index < -0.39 is 5.97 Å². The molecule has 1 unspecified atom stereocenters. The topological polar surface area (TPSA) is 63.6 Å². The van der Waals surface area contributed by atoms with Gasteiger partial charge in [0.2, 0.25) is 0 Å². The normalized spacial score (nSPS) is 12.1. The lowest BCUT2D eigenvalue weighted by molar-refractivity contribution is -0.150. The van der Waals surface area contributed by atoms with E-state index in [0.29, 0.717) is 12.8 Å². The second kappa shape index (κ2) is 29.5. The van der Waals surface area contributed by atoms with E-state index >= 15 is 0 Å². The third kappa shape index (κ3) is 29.4. The largest absolute Gasteiger partial charge is 0.481 e. The van der Waals surface area contributed by atoms with E-state index in [1.165, 1.54) is 116 Å². The molecule has 0 amide bonds. The minimum absolute atomic E-state index is 0.0134. The lowest BCUT2D eigenvalue weighted by atomic mass is 10.0. The van der Waals surface area contributed by atoms with Crippen molar-refractivity contribution in [1.29, 1.82) is 0 Å². The van der Waals surface area contributed by atoms with E-state index in [9.17, 15) is 9.59 Å². The van der Waals surface area contributed by atoms with Gasteiger partial charge >= 0.3 is 11.9 Å². The Balaban J connectivity index is 3.57. The van der Waals surface area contributed by atoms with Gasteiger partial charge in [-0.05, 0) is 38.5 Å². The highest BCUT2D eigenvalue weighted by atomic mass is 16.5. The van der Waals surface area contributed by atoms with Crippen molar-refractivity contribution in [3.8, 4) is 0 Å². The number of carbonyl (C=O) groups is 2. The molecule has 1 atom stereocenters. The average molecular weight is 525 g/mol. The molecule has 0 aliphatic rings. The van der Waals surface area contributed by atoms with E-state index in [1.807, 2.05) is 0 Å². The first-order chi connectivity index (χ1) is 18.1. The Morgan fingerprint density at radius 3 is 1.24 bits per heavy atom. The summed E-state index contributed by atoms with van der Waals surface area (Å²) in [6.07, 6.45) is 32.9. The molecule has 0 radical (unpaired) electrons. The Morgan fingerprint density at radius 2 is 0.811 bits per heavy atom.